The number of hydrogen-bond donors (Lipinski definition) is 0. The summed E-state index contributed by atoms with van der Waals surface area (Å²) in [7, 11) is 0. The lowest BCUT2D eigenvalue weighted by Crippen LogP contribution is -2.45. The van der Waals surface area contributed by atoms with Gasteiger partial charge in [-0.3, -0.25) is 9.69 Å². The average molecular weight is 454 g/mol. The van der Waals surface area contributed by atoms with Crippen LogP contribution in [-0.2, 0) is 4.79 Å². The zero-order valence-corrected chi connectivity index (χ0v) is 20.0. The first-order chi connectivity index (χ1) is 15.1. The molecule has 2 fully saturated rings. The van der Waals surface area contributed by atoms with Crippen LogP contribution in [0.5, 0.6) is 0 Å². The van der Waals surface area contributed by atoms with E-state index in [1.807, 2.05) is 5.01 Å². The third kappa shape index (κ3) is 4.43. The molecule has 2 aliphatic heterocycles. The molecule has 4 unspecified atom stereocenters. The van der Waals surface area contributed by atoms with Gasteiger partial charge in [-0.15, -0.1) is 22.7 Å². The molecule has 6 heteroatoms. The third-order valence-corrected chi connectivity index (χ3v) is 8.52. The molecular formula is C25H31N3OS2. The van der Waals surface area contributed by atoms with E-state index in [2.05, 4.69) is 59.8 Å². The van der Waals surface area contributed by atoms with Crippen molar-refractivity contribution >= 4 is 40.4 Å². The molecule has 4 nitrogen and oxygen atoms in total. The van der Waals surface area contributed by atoms with Crippen LogP contribution in [0, 0.1) is 17.8 Å². The second-order valence-corrected chi connectivity index (χ2v) is 11.5. The number of hydrogen-bond acceptors (Lipinski definition) is 5. The predicted molar refractivity (Wildman–Crippen MR) is 130 cm³/mol. The minimum atomic E-state index is 0.0502. The van der Waals surface area contributed by atoms with Gasteiger partial charge < -0.3 is 0 Å². The topological polar surface area (TPSA) is 35.9 Å². The number of amides is 1. The van der Waals surface area contributed by atoms with Gasteiger partial charge >= 0.3 is 0 Å². The molecule has 1 saturated carbocycles. The second kappa shape index (κ2) is 9.00. The number of likely N-dealkylation sites (tertiary alicyclic amines) is 1. The predicted octanol–water partition coefficient (Wildman–Crippen LogP) is 5.91. The summed E-state index contributed by atoms with van der Waals surface area (Å²) in [5, 5.41) is 11.1. The highest BCUT2D eigenvalue weighted by atomic mass is 32.1. The Balaban J connectivity index is 1.44. The maximum Gasteiger partial charge on any atom is 0.257 e. The summed E-state index contributed by atoms with van der Waals surface area (Å²) in [6.07, 6.45) is 6.86. The number of nitrogens with zero attached hydrogens (tertiary/aromatic N) is 3. The Labute approximate surface area is 193 Å². The summed E-state index contributed by atoms with van der Waals surface area (Å²) in [5.41, 5.74) is 2.46. The molecule has 164 valence electrons. The molecule has 0 bridgehead atoms. The molecule has 0 radical (unpaired) electrons. The summed E-state index contributed by atoms with van der Waals surface area (Å²) in [6, 6.07) is 8.58. The summed E-state index contributed by atoms with van der Waals surface area (Å²) in [6.45, 7) is 7.10. The zero-order valence-electron chi connectivity index (χ0n) is 18.4. The fourth-order valence-corrected chi connectivity index (χ4v) is 7.23. The van der Waals surface area contributed by atoms with Crippen molar-refractivity contribution in [3.8, 4) is 0 Å². The van der Waals surface area contributed by atoms with Gasteiger partial charge in [0.15, 0.2) is 0 Å². The molecule has 1 aliphatic carbocycles. The van der Waals surface area contributed by atoms with Crippen LogP contribution in [0.2, 0.25) is 0 Å². The van der Waals surface area contributed by atoms with E-state index in [-0.39, 0.29) is 11.9 Å². The van der Waals surface area contributed by atoms with Crippen LogP contribution in [0.3, 0.4) is 0 Å². The Bertz CT molecular complexity index is 953. The molecule has 31 heavy (non-hydrogen) atoms. The maximum absolute atomic E-state index is 13.6. The van der Waals surface area contributed by atoms with Crippen molar-refractivity contribution in [2.75, 3.05) is 19.6 Å². The minimum Gasteiger partial charge on any atom is -0.294 e. The first-order valence-electron chi connectivity index (χ1n) is 11.5. The van der Waals surface area contributed by atoms with Gasteiger partial charge in [-0.05, 0) is 72.1 Å². The molecule has 5 rings (SSSR count). The average Bonchev–Trinajstić information content (AvgIpc) is 3.48. The summed E-state index contributed by atoms with van der Waals surface area (Å²) in [4.78, 5) is 18.4. The number of rotatable bonds is 4. The van der Waals surface area contributed by atoms with Crippen LogP contribution in [0.15, 0.2) is 45.7 Å². The van der Waals surface area contributed by atoms with E-state index >= 15 is 0 Å². The number of fused-ring (bicyclic) bond motifs is 1. The Morgan fingerprint density at radius 3 is 2.65 bits per heavy atom. The molecule has 3 aliphatic rings. The summed E-state index contributed by atoms with van der Waals surface area (Å²) >= 11 is 3.52. The Kier molecular flexibility index (Phi) is 6.13. The number of thiophene rings is 2. The highest BCUT2D eigenvalue weighted by Gasteiger charge is 2.44. The van der Waals surface area contributed by atoms with Crippen molar-refractivity contribution < 1.29 is 4.79 Å². The molecule has 2 aromatic rings. The smallest absolute Gasteiger partial charge is 0.257 e. The van der Waals surface area contributed by atoms with E-state index in [1.54, 1.807) is 22.7 Å². The van der Waals surface area contributed by atoms with Gasteiger partial charge in [0.05, 0.1) is 18.3 Å². The zero-order chi connectivity index (χ0) is 21.4. The first-order valence-corrected chi connectivity index (χ1v) is 13.2. The monoisotopic (exact) mass is 453 g/mol. The van der Waals surface area contributed by atoms with E-state index in [4.69, 9.17) is 5.10 Å². The molecule has 0 spiro atoms. The lowest BCUT2D eigenvalue weighted by molar-refractivity contribution is -0.135. The van der Waals surface area contributed by atoms with Gasteiger partial charge in [0.1, 0.15) is 0 Å². The van der Waals surface area contributed by atoms with E-state index < -0.39 is 0 Å². The Hall–Kier alpha value is -1.76. The molecule has 1 amide bonds. The number of allylic oxidation sites excluding steroid dienone is 1. The third-order valence-electron chi connectivity index (χ3n) is 6.75. The van der Waals surface area contributed by atoms with Gasteiger partial charge in [0, 0.05) is 28.8 Å². The van der Waals surface area contributed by atoms with Crippen molar-refractivity contribution in [3.05, 3.63) is 50.4 Å². The minimum absolute atomic E-state index is 0.0502. The quantitative estimate of drug-likeness (QED) is 0.577. The van der Waals surface area contributed by atoms with E-state index in [0.717, 1.165) is 38.1 Å². The van der Waals surface area contributed by atoms with Crippen LogP contribution in [0.25, 0.3) is 6.08 Å². The number of carbonyl (C=O) groups is 1. The summed E-state index contributed by atoms with van der Waals surface area (Å²) in [5.74, 6) is 1.76. The SMILES string of the molecule is CC1CC(C)CN(CC(=O)N2N=C3/C(=C\c4cccs4)CCCC3C2c2cccs2)C1. The Morgan fingerprint density at radius 2 is 1.94 bits per heavy atom. The second-order valence-electron chi connectivity index (χ2n) is 9.51. The van der Waals surface area contributed by atoms with Crippen molar-refractivity contribution in [1.82, 2.24) is 9.91 Å². The highest BCUT2D eigenvalue weighted by Crippen LogP contribution is 2.45. The van der Waals surface area contributed by atoms with E-state index in [0.29, 0.717) is 24.3 Å². The van der Waals surface area contributed by atoms with Crippen LogP contribution in [0.4, 0.5) is 0 Å². The van der Waals surface area contributed by atoms with E-state index in [1.165, 1.54) is 21.7 Å². The molecule has 0 aromatic carbocycles. The maximum atomic E-state index is 13.6. The lowest BCUT2D eigenvalue weighted by Gasteiger charge is -2.35. The fourth-order valence-electron chi connectivity index (χ4n) is 5.68. The van der Waals surface area contributed by atoms with Gasteiger partial charge in [-0.1, -0.05) is 26.0 Å². The number of hydrazone groups is 1. The van der Waals surface area contributed by atoms with Crippen LogP contribution in [0.1, 0.15) is 55.3 Å². The van der Waals surface area contributed by atoms with Gasteiger partial charge in [0.2, 0.25) is 0 Å². The van der Waals surface area contributed by atoms with Crippen LogP contribution < -0.4 is 0 Å². The van der Waals surface area contributed by atoms with Gasteiger partial charge in [-0.25, -0.2) is 5.01 Å². The first kappa shape index (κ1) is 21.1. The molecule has 4 atom stereocenters. The number of piperidine rings is 1. The van der Waals surface area contributed by atoms with Crippen molar-refractivity contribution in [3.63, 3.8) is 0 Å². The van der Waals surface area contributed by atoms with Crippen LogP contribution >= 0.6 is 22.7 Å². The standard InChI is InChI=1S/C25H31N3OS2/c1-17-12-18(2)15-27(14-17)16-23(29)28-25(22-9-5-11-31-22)21-8-3-6-19(24(21)26-28)13-20-7-4-10-30-20/h4-5,7,9-11,13,17-18,21,25H,3,6,8,12,14-16H2,1-2H3/b19-13-. The Morgan fingerprint density at radius 1 is 1.16 bits per heavy atom. The largest absolute Gasteiger partial charge is 0.294 e. The highest BCUT2D eigenvalue weighted by molar-refractivity contribution is 7.11. The van der Waals surface area contributed by atoms with E-state index in [9.17, 15) is 4.79 Å². The van der Waals surface area contributed by atoms with Crippen molar-refractivity contribution in [2.24, 2.45) is 22.9 Å². The fraction of sp³-hybridized carbons (Fsp3) is 0.520. The molecular weight excluding hydrogens is 422 g/mol. The van der Waals surface area contributed by atoms with Crippen LogP contribution in [-0.4, -0.2) is 41.2 Å². The van der Waals surface area contributed by atoms with Crippen molar-refractivity contribution in [1.29, 1.82) is 0 Å². The van der Waals surface area contributed by atoms with Gasteiger partial charge in [-0.2, -0.15) is 5.10 Å². The lowest BCUT2D eigenvalue weighted by atomic mass is 9.79. The van der Waals surface area contributed by atoms with Gasteiger partial charge in [0.25, 0.3) is 5.91 Å². The molecule has 2 aromatic heterocycles. The molecule has 0 N–H and O–H groups in total. The normalized spacial score (nSPS) is 30.5. The van der Waals surface area contributed by atoms with Crippen molar-refractivity contribution in [2.45, 2.75) is 45.6 Å². The number of carbonyl (C=O) groups excluding carboxylic acids is 1. The molecule has 1 saturated heterocycles. The summed E-state index contributed by atoms with van der Waals surface area (Å²) < 4.78 is 0. The molecule has 4 heterocycles.